The van der Waals surface area contributed by atoms with E-state index in [1.807, 2.05) is 30.3 Å². The zero-order valence-electron chi connectivity index (χ0n) is 12.5. The minimum Gasteiger partial charge on any atom is -0.460 e. The standard InChI is InChI=1S/C14H20N2O6S/c15-12(6-7-13(17)16-8-9-23(19,20)21)14(18)22-10-11-4-2-1-3-5-11/h1-5,12H,6-10,15H2,(H,16,17)(H,19,20,21)/t12-/m0/s1. The molecule has 1 aromatic rings. The van der Waals surface area contributed by atoms with Crippen LogP contribution in [0.4, 0.5) is 0 Å². The van der Waals surface area contributed by atoms with Crippen molar-refractivity contribution in [1.82, 2.24) is 5.32 Å². The Hall–Kier alpha value is -1.97. The lowest BCUT2D eigenvalue weighted by atomic mass is 10.1. The van der Waals surface area contributed by atoms with E-state index in [2.05, 4.69) is 5.32 Å². The summed E-state index contributed by atoms with van der Waals surface area (Å²) in [5, 5.41) is 2.31. The second-order valence-electron chi connectivity index (χ2n) is 4.87. The van der Waals surface area contributed by atoms with Crippen LogP contribution in [0.1, 0.15) is 18.4 Å². The Kier molecular flexibility index (Phi) is 7.66. The Balaban J connectivity index is 2.23. The summed E-state index contributed by atoms with van der Waals surface area (Å²) < 4.78 is 34.5. The Bertz CT molecular complexity index is 617. The third-order valence-electron chi connectivity index (χ3n) is 2.89. The summed E-state index contributed by atoms with van der Waals surface area (Å²) in [6.07, 6.45) is 0.0262. The Morgan fingerprint density at radius 1 is 1.26 bits per heavy atom. The van der Waals surface area contributed by atoms with Crippen LogP contribution in [0.5, 0.6) is 0 Å². The van der Waals surface area contributed by atoms with Crippen molar-refractivity contribution < 1.29 is 27.3 Å². The normalized spacial score (nSPS) is 12.4. The van der Waals surface area contributed by atoms with Gasteiger partial charge >= 0.3 is 5.97 Å². The van der Waals surface area contributed by atoms with Crippen molar-refractivity contribution in [1.29, 1.82) is 0 Å². The third-order valence-corrected chi connectivity index (χ3v) is 3.61. The molecule has 8 nitrogen and oxygen atoms in total. The van der Waals surface area contributed by atoms with Crippen LogP contribution < -0.4 is 11.1 Å². The maximum Gasteiger partial charge on any atom is 0.323 e. The van der Waals surface area contributed by atoms with E-state index in [0.717, 1.165) is 5.56 Å². The van der Waals surface area contributed by atoms with Gasteiger partial charge in [-0.05, 0) is 12.0 Å². The number of carbonyl (C=O) groups is 2. The van der Waals surface area contributed by atoms with E-state index < -0.39 is 33.8 Å². The van der Waals surface area contributed by atoms with Gasteiger partial charge in [0.1, 0.15) is 12.6 Å². The molecule has 0 radical (unpaired) electrons. The highest BCUT2D eigenvalue weighted by molar-refractivity contribution is 7.85. The number of amides is 1. The number of hydrogen-bond acceptors (Lipinski definition) is 6. The summed E-state index contributed by atoms with van der Waals surface area (Å²) >= 11 is 0. The minimum absolute atomic E-state index is 0.0485. The van der Waals surface area contributed by atoms with Crippen LogP contribution in [0.15, 0.2) is 30.3 Å². The van der Waals surface area contributed by atoms with E-state index in [4.69, 9.17) is 15.0 Å². The summed E-state index contributed by atoms with van der Waals surface area (Å²) in [5.74, 6) is -1.64. The van der Waals surface area contributed by atoms with Crippen LogP contribution >= 0.6 is 0 Å². The lowest BCUT2D eigenvalue weighted by Gasteiger charge is -2.11. The fourth-order valence-electron chi connectivity index (χ4n) is 1.65. The molecule has 0 spiro atoms. The zero-order chi connectivity index (χ0) is 17.3. The van der Waals surface area contributed by atoms with Gasteiger partial charge in [0.15, 0.2) is 0 Å². The van der Waals surface area contributed by atoms with Crippen LogP contribution in [0.2, 0.25) is 0 Å². The summed E-state index contributed by atoms with van der Waals surface area (Å²) in [4.78, 5) is 23.1. The lowest BCUT2D eigenvalue weighted by molar-refractivity contribution is -0.146. The molecule has 4 N–H and O–H groups in total. The molecule has 0 fully saturated rings. The van der Waals surface area contributed by atoms with Gasteiger partial charge in [0.05, 0.1) is 5.75 Å². The van der Waals surface area contributed by atoms with Gasteiger partial charge in [-0.2, -0.15) is 8.42 Å². The molecule has 0 saturated heterocycles. The number of ether oxygens (including phenoxy) is 1. The third kappa shape index (κ3) is 8.91. The smallest absolute Gasteiger partial charge is 0.323 e. The number of nitrogens with one attached hydrogen (secondary N) is 1. The predicted molar refractivity (Wildman–Crippen MR) is 82.9 cm³/mol. The fraction of sp³-hybridized carbons (Fsp3) is 0.429. The maximum absolute atomic E-state index is 11.7. The van der Waals surface area contributed by atoms with Gasteiger partial charge in [-0.1, -0.05) is 30.3 Å². The highest BCUT2D eigenvalue weighted by Crippen LogP contribution is 2.03. The number of benzene rings is 1. The van der Waals surface area contributed by atoms with E-state index in [1.54, 1.807) is 0 Å². The Morgan fingerprint density at radius 2 is 1.91 bits per heavy atom. The predicted octanol–water partition coefficient (Wildman–Crippen LogP) is -0.159. The van der Waals surface area contributed by atoms with Crippen molar-refractivity contribution in [3.05, 3.63) is 35.9 Å². The first-order valence-electron chi connectivity index (χ1n) is 6.96. The van der Waals surface area contributed by atoms with Gasteiger partial charge in [0.2, 0.25) is 5.91 Å². The molecule has 0 aliphatic rings. The lowest BCUT2D eigenvalue weighted by Crippen LogP contribution is -2.35. The molecule has 0 aliphatic heterocycles. The van der Waals surface area contributed by atoms with Gasteiger partial charge in [0, 0.05) is 13.0 Å². The van der Waals surface area contributed by atoms with Crippen LogP contribution in [-0.2, 0) is 31.1 Å². The van der Waals surface area contributed by atoms with Gasteiger partial charge in [0.25, 0.3) is 10.1 Å². The van der Waals surface area contributed by atoms with Crippen LogP contribution in [0.25, 0.3) is 0 Å². The van der Waals surface area contributed by atoms with Crippen LogP contribution in [0, 0.1) is 0 Å². The van der Waals surface area contributed by atoms with E-state index in [-0.39, 0.29) is 26.0 Å². The Morgan fingerprint density at radius 3 is 2.52 bits per heavy atom. The van der Waals surface area contributed by atoms with Crippen molar-refractivity contribution >= 4 is 22.0 Å². The molecule has 9 heteroatoms. The molecule has 1 atom stereocenters. The topological polar surface area (TPSA) is 136 Å². The largest absolute Gasteiger partial charge is 0.460 e. The van der Waals surface area contributed by atoms with Crippen molar-refractivity contribution in [2.75, 3.05) is 12.3 Å². The second-order valence-corrected chi connectivity index (χ2v) is 6.45. The maximum atomic E-state index is 11.7. The number of carbonyl (C=O) groups excluding carboxylic acids is 2. The SMILES string of the molecule is N[C@@H](CCC(=O)NCCS(=O)(=O)O)C(=O)OCc1ccccc1. The highest BCUT2D eigenvalue weighted by atomic mass is 32.2. The quantitative estimate of drug-likeness (QED) is 0.418. The van der Waals surface area contributed by atoms with E-state index in [0.29, 0.717) is 0 Å². The highest BCUT2D eigenvalue weighted by Gasteiger charge is 2.17. The zero-order valence-corrected chi connectivity index (χ0v) is 13.3. The number of nitrogens with two attached hydrogens (primary N) is 1. The van der Waals surface area contributed by atoms with E-state index >= 15 is 0 Å². The summed E-state index contributed by atoms with van der Waals surface area (Å²) in [5.41, 5.74) is 6.47. The monoisotopic (exact) mass is 344 g/mol. The molecular weight excluding hydrogens is 324 g/mol. The molecule has 0 unspecified atom stereocenters. The summed E-state index contributed by atoms with van der Waals surface area (Å²) in [6.45, 7) is -0.0979. The second kappa shape index (κ2) is 9.23. The van der Waals surface area contributed by atoms with Crippen molar-refractivity contribution in [3.8, 4) is 0 Å². The average Bonchev–Trinajstić information content (AvgIpc) is 2.50. The molecule has 0 aliphatic carbocycles. The van der Waals surface area contributed by atoms with E-state index in [9.17, 15) is 18.0 Å². The van der Waals surface area contributed by atoms with Crippen molar-refractivity contribution in [3.63, 3.8) is 0 Å². The summed E-state index contributed by atoms with van der Waals surface area (Å²) in [7, 11) is -4.11. The minimum atomic E-state index is -4.11. The first-order valence-corrected chi connectivity index (χ1v) is 8.57. The van der Waals surface area contributed by atoms with Crippen LogP contribution in [0.3, 0.4) is 0 Å². The van der Waals surface area contributed by atoms with Crippen LogP contribution in [-0.4, -0.2) is 43.2 Å². The van der Waals surface area contributed by atoms with Crippen molar-refractivity contribution in [2.24, 2.45) is 5.73 Å². The molecule has 0 aromatic heterocycles. The molecule has 23 heavy (non-hydrogen) atoms. The first-order chi connectivity index (χ1) is 10.8. The molecular formula is C14H20N2O6S. The first kappa shape index (κ1) is 19.1. The molecule has 0 saturated carbocycles. The molecule has 0 heterocycles. The molecule has 1 rings (SSSR count). The fourth-order valence-corrected chi connectivity index (χ4v) is 2.01. The van der Waals surface area contributed by atoms with Gasteiger partial charge in [-0.25, -0.2) is 0 Å². The Labute approximate surface area is 134 Å². The molecule has 128 valence electrons. The van der Waals surface area contributed by atoms with E-state index in [1.165, 1.54) is 0 Å². The number of rotatable bonds is 9. The molecule has 1 aromatic carbocycles. The number of hydrogen-bond donors (Lipinski definition) is 3. The average molecular weight is 344 g/mol. The van der Waals surface area contributed by atoms with Gasteiger partial charge < -0.3 is 15.8 Å². The van der Waals surface area contributed by atoms with Gasteiger partial charge in [-0.3, -0.25) is 14.1 Å². The van der Waals surface area contributed by atoms with Crippen molar-refractivity contribution in [2.45, 2.75) is 25.5 Å². The van der Waals surface area contributed by atoms with Gasteiger partial charge in [-0.15, -0.1) is 0 Å². The number of esters is 1. The molecule has 0 bridgehead atoms. The summed E-state index contributed by atoms with van der Waals surface area (Å²) in [6, 6.07) is 8.16. The molecule has 1 amide bonds.